The smallest absolute Gasteiger partial charge is 0.0240 e. The fourth-order valence-corrected chi connectivity index (χ4v) is 4.29. The molecule has 0 aromatic heterocycles. The van der Waals surface area contributed by atoms with E-state index >= 15 is 0 Å². The Kier molecular flexibility index (Phi) is 5.32. The largest absolute Gasteiger partial charge is 0.313 e. The van der Waals surface area contributed by atoms with Gasteiger partial charge in [0.25, 0.3) is 0 Å². The lowest BCUT2D eigenvalue weighted by Crippen LogP contribution is -2.34. The number of likely N-dealkylation sites (tertiary alicyclic amines) is 1. The molecule has 1 heterocycles. The molecule has 3 rings (SSSR count). The minimum absolute atomic E-state index is 0.861. The lowest BCUT2D eigenvalue weighted by molar-refractivity contribution is 0.182. The van der Waals surface area contributed by atoms with E-state index in [1.165, 1.54) is 56.2 Å². The summed E-state index contributed by atoms with van der Waals surface area (Å²) in [4.78, 5) is 2.78. The van der Waals surface area contributed by atoms with Crippen molar-refractivity contribution in [3.8, 4) is 0 Å². The third kappa shape index (κ3) is 3.67. The van der Waals surface area contributed by atoms with Crippen LogP contribution in [-0.4, -0.2) is 24.0 Å². The van der Waals surface area contributed by atoms with Crippen molar-refractivity contribution in [1.29, 1.82) is 0 Å². The molecule has 21 heavy (non-hydrogen) atoms. The van der Waals surface area contributed by atoms with Gasteiger partial charge in [0, 0.05) is 19.1 Å². The third-order valence-corrected chi connectivity index (χ3v) is 5.42. The second-order valence-electron chi connectivity index (χ2n) is 6.77. The maximum atomic E-state index is 3.48. The molecule has 1 N–H and O–H groups in total. The van der Waals surface area contributed by atoms with E-state index in [-0.39, 0.29) is 0 Å². The van der Waals surface area contributed by atoms with Crippen LogP contribution in [-0.2, 0) is 13.1 Å². The Morgan fingerprint density at radius 3 is 2.57 bits per heavy atom. The lowest BCUT2D eigenvalue weighted by Gasteiger charge is -2.30. The highest BCUT2D eigenvalue weighted by Crippen LogP contribution is 2.36. The molecule has 2 fully saturated rings. The van der Waals surface area contributed by atoms with Crippen LogP contribution >= 0.6 is 0 Å². The van der Waals surface area contributed by atoms with Gasteiger partial charge < -0.3 is 5.32 Å². The average molecular weight is 286 g/mol. The minimum Gasteiger partial charge on any atom is -0.313 e. The first-order chi connectivity index (χ1) is 10.4. The molecule has 1 unspecified atom stereocenters. The van der Waals surface area contributed by atoms with Crippen LogP contribution in [0.2, 0.25) is 0 Å². The number of nitrogens with zero attached hydrogens (tertiary/aromatic N) is 1. The summed E-state index contributed by atoms with van der Waals surface area (Å²) in [5.74, 6) is 0.980. The van der Waals surface area contributed by atoms with E-state index < -0.39 is 0 Å². The molecule has 1 aromatic rings. The Bertz CT molecular complexity index is 437. The molecule has 0 bridgehead atoms. The van der Waals surface area contributed by atoms with E-state index in [4.69, 9.17) is 0 Å². The van der Waals surface area contributed by atoms with Crippen molar-refractivity contribution in [1.82, 2.24) is 10.2 Å². The van der Waals surface area contributed by atoms with Gasteiger partial charge in [-0.1, -0.05) is 44.0 Å². The van der Waals surface area contributed by atoms with Gasteiger partial charge in [-0.2, -0.15) is 0 Å². The summed E-state index contributed by atoms with van der Waals surface area (Å²) < 4.78 is 0. The molecule has 0 radical (unpaired) electrons. The highest BCUT2D eigenvalue weighted by Gasteiger charge is 2.33. The summed E-state index contributed by atoms with van der Waals surface area (Å²) >= 11 is 0. The van der Waals surface area contributed by atoms with Gasteiger partial charge in [-0.05, 0) is 55.8 Å². The first kappa shape index (κ1) is 15.1. The summed E-state index contributed by atoms with van der Waals surface area (Å²) in [6.07, 6.45) is 8.70. The van der Waals surface area contributed by atoms with E-state index in [2.05, 4.69) is 41.4 Å². The van der Waals surface area contributed by atoms with Gasteiger partial charge in [0.2, 0.25) is 0 Å². The third-order valence-electron chi connectivity index (χ3n) is 5.42. The van der Waals surface area contributed by atoms with Gasteiger partial charge in [-0.3, -0.25) is 4.90 Å². The second kappa shape index (κ2) is 7.42. The highest BCUT2D eigenvalue weighted by molar-refractivity contribution is 5.27. The Balaban J connectivity index is 1.67. The molecule has 116 valence electrons. The second-order valence-corrected chi connectivity index (χ2v) is 6.77. The fourth-order valence-electron chi connectivity index (χ4n) is 4.29. The average Bonchev–Trinajstić information content (AvgIpc) is 3.17. The molecule has 2 heteroatoms. The van der Waals surface area contributed by atoms with Crippen molar-refractivity contribution >= 4 is 0 Å². The van der Waals surface area contributed by atoms with Crippen LogP contribution in [0.25, 0.3) is 0 Å². The zero-order valence-corrected chi connectivity index (χ0v) is 13.5. The van der Waals surface area contributed by atoms with E-state index in [0.29, 0.717) is 0 Å². The zero-order valence-electron chi connectivity index (χ0n) is 13.5. The van der Waals surface area contributed by atoms with Crippen molar-refractivity contribution in [2.75, 3.05) is 13.1 Å². The van der Waals surface area contributed by atoms with Crippen LogP contribution in [0.3, 0.4) is 0 Å². The molecule has 1 aliphatic carbocycles. The van der Waals surface area contributed by atoms with Crippen molar-refractivity contribution < 1.29 is 0 Å². The first-order valence-electron chi connectivity index (χ1n) is 8.90. The van der Waals surface area contributed by atoms with Crippen molar-refractivity contribution in [2.24, 2.45) is 5.92 Å². The van der Waals surface area contributed by atoms with Gasteiger partial charge in [-0.25, -0.2) is 0 Å². The van der Waals surface area contributed by atoms with Crippen LogP contribution in [0.15, 0.2) is 24.3 Å². The fraction of sp³-hybridized carbons (Fsp3) is 0.684. The van der Waals surface area contributed by atoms with Gasteiger partial charge in [0.05, 0.1) is 0 Å². The van der Waals surface area contributed by atoms with E-state index in [1.54, 1.807) is 0 Å². The zero-order chi connectivity index (χ0) is 14.5. The molecule has 1 saturated heterocycles. The van der Waals surface area contributed by atoms with Gasteiger partial charge >= 0.3 is 0 Å². The Hall–Kier alpha value is -0.860. The topological polar surface area (TPSA) is 15.3 Å². The van der Waals surface area contributed by atoms with E-state index in [1.807, 2.05) is 0 Å². The molecule has 1 atom stereocenters. The SMILES string of the molecule is CCNCc1ccccc1CN1CCCC1C1CCCC1. The number of hydrogen-bond donors (Lipinski definition) is 1. The molecule has 1 aromatic carbocycles. The van der Waals surface area contributed by atoms with E-state index in [9.17, 15) is 0 Å². The normalized spacial score (nSPS) is 24.0. The van der Waals surface area contributed by atoms with Crippen LogP contribution in [0.5, 0.6) is 0 Å². The van der Waals surface area contributed by atoms with Crippen LogP contribution < -0.4 is 5.32 Å². The maximum Gasteiger partial charge on any atom is 0.0240 e. The molecule has 0 spiro atoms. The summed E-state index contributed by atoms with van der Waals surface area (Å²) in [5.41, 5.74) is 3.01. The number of hydrogen-bond acceptors (Lipinski definition) is 2. The van der Waals surface area contributed by atoms with Crippen LogP contribution in [0.4, 0.5) is 0 Å². The van der Waals surface area contributed by atoms with Gasteiger partial charge in [0.15, 0.2) is 0 Å². The predicted molar refractivity (Wildman–Crippen MR) is 89.2 cm³/mol. The highest BCUT2D eigenvalue weighted by atomic mass is 15.2. The number of benzene rings is 1. The van der Waals surface area contributed by atoms with Gasteiger partial charge in [0.1, 0.15) is 0 Å². The van der Waals surface area contributed by atoms with E-state index in [0.717, 1.165) is 31.6 Å². The van der Waals surface area contributed by atoms with Gasteiger partial charge in [-0.15, -0.1) is 0 Å². The Morgan fingerprint density at radius 2 is 1.81 bits per heavy atom. The standard InChI is InChI=1S/C19H30N2/c1-2-20-14-17-10-5-6-11-18(17)15-21-13-7-12-19(21)16-8-3-4-9-16/h5-6,10-11,16,19-20H,2-4,7-9,12-15H2,1H3. The quantitative estimate of drug-likeness (QED) is 0.852. The summed E-state index contributed by atoms with van der Waals surface area (Å²) in [6.45, 7) is 6.69. The van der Waals surface area contributed by atoms with Crippen LogP contribution in [0, 0.1) is 5.92 Å². The minimum atomic E-state index is 0.861. The Morgan fingerprint density at radius 1 is 1.05 bits per heavy atom. The molecule has 2 aliphatic rings. The summed E-state index contributed by atoms with van der Waals surface area (Å²) in [6, 6.07) is 9.86. The molecule has 0 amide bonds. The Labute approximate surface area is 129 Å². The lowest BCUT2D eigenvalue weighted by atomic mass is 9.95. The predicted octanol–water partition coefficient (Wildman–Crippen LogP) is 3.95. The summed E-state index contributed by atoms with van der Waals surface area (Å²) in [5, 5.41) is 3.48. The number of rotatable bonds is 6. The van der Waals surface area contributed by atoms with Crippen molar-refractivity contribution in [2.45, 2.75) is 64.6 Å². The summed E-state index contributed by atoms with van der Waals surface area (Å²) in [7, 11) is 0. The van der Waals surface area contributed by atoms with Crippen molar-refractivity contribution in [3.05, 3.63) is 35.4 Å². The molecular formula is C19H30N2. The molecular weight excluding hydrogens is 256 g/mol. The molecule has 1 aliphatic heterocycles. The van der Waals surface area contributed by atoms with Crippen molar-refractivity contribution in [3.63, 3.8) is 0 Å². The monoisotopic (exact) mass is 286 g/mol. The number of nitrogens with one attached hydrogen (secondary N) is 1. The molecule has 2 nitrogen and oxygen atoms in total. The van der Waals surface area contributed by atoms with Crippen LogP contribution in [0.1, 0.15) is 56.6 Å². The maximum absolute atomic E-state index is 3.48. The first-order valence-corrected chi connectivity index (χ1v) is 8.90. The molecule has 1 saturated carbocycles.